The van der Waals surface area contributed by atoms with E-state index in [0.717, 1.165) is 24.3 Å². The molecule has 0 radical (unpaired) electrons. The quantitative estimate of drug-likeness (QED) is 0.683. The molecule has 17 heavy (non-hydrogen) atoms. The Morgan fingerprint density at radius 2 is 2.35 bits per heavy atom. The van der Waals surface area contributed by atoms with Crippen molar-refractivity contribution in [1.82, 2.24) is 4.90 Å². The van der Waals surface area contributed by atoms with Crippen molar-refractivity contribution in [3.63, 3.8) is 0 Å². The highest BCUT2D eigenvalue weighted by molar-refractivity contribution is 5.95. The third-order valence-electron chi connectivity index (χ3n) is 2.93. The second-order valence-electron chi connectivity index (χ2n) is 4.39. The molecule has 1 aliphatic heterocycles. The largest absolute Gasteiger partial charge is 0.394 e. The number of aliphatic hydroxyl groups is 1. The van der Waals surface area contributed by atoms with E-state index in [9.17, 15) is 4.79 Å². The molecule has 92 valence electrons. The summed E-state index contributed by atoms with van der Waals surface area (Å²) in [4.78, 5) is 13.8. The summed E-state index contributed by atoms with van der Waals surface area (Å²) >= 11 is 0. The average Bonchev–Trinajstić information content (AvgIpc) is 2.69. The van der Waals surface area contributed by atoms with Crippen molar-refractivity contribution >= 4 is 11.6 Å². The Labute approximate surface area is 100 Å². The lowest BCUT2D eigenvalue weighted by atomic mass is 10.1. The van der Waals surface area contributed by atoms with Crippen LogP contribution in [0.15, 0.2) is 18.2 Å². The highest BCUT2D eigenvalue weighted by atomic mass is 16.3. The molecule has 0 fully saturated rings. The van der Waals surface area contributed by atoms with Crippen LogP contribution in [0.25, 0.3) is 0 Å². The van der Waals surface area contributed by atoms with Crippen LogP contribution in [0, 0.1) is 0 Å². The van der Waals surface area contributed by atoms with Gasteiger partial charge in [0.2, 0.25) is 5.91 Å². The van der Waals surface area contributed by atoms with Crippen molar-refractivity contribution < 1.29 is 9.90 Å². The molecule has 5 nitrogen and oxygen atoms in total. The number of hydrogen-bond donors (Lipinski definition) is 3. The molecule has 1 atom stereocenters. The predicted octanol–water partition coefficient (Wildman–Crippen LogP) is -0.110. The summed E-state index contributed by atoms with van der Waals surface area (Å²) in [5, 5.41) is 11.6. The number of amides is 1. The first-order valence-electron chi connectivity index (χ1n) is 5.58. The summed E-state index contributed by atoms with van der Waals surface area (Å²) in [6.45, 7) is 1.37. The maximum Gasteiger partial charge on any atom is 0.243 e. The van der Waals surface area contributed by atoms with Crippen LogP contribution in [0.5, 0.6) is 0 Å². The topological polar surface area (TPSA) is 78.6 Å². The predicted molar refractivity (Wildman–Crippen MR) is 65.3 cm³/mol. The monoisotopic (exact) mass is 235 g/mol. The number of benzene rings is 1. The molecule has 1 aromatic rings. The van der Waals surface area contributed by atoms with Crippen LogP contribution in [-0.4, -0.2) is 35.6 Å². The van der Waals surface area contributed by atoms with Gasteiger partial charge in [-0.2, -0.15) is 0 Å². The van der Waals surface area contributed by atoms with E-state index in [2.05, 4.69) is 16.3 Å². The highest BCUT2D eigenvalue weighted by Gasteiger charge is 2.20. The van der Waals surface area contributed by atoms with Gasteiger partial charge in [0, 0.05) is 18.8 Å². The van der Waals surface area contributed by atoms with Gasteiger partial charge in [-0.15, -0.1) is 0 Å². The number of nitrogens with one attached hydrogen (secondary N) is 1. The summed E-state index contributed by atoms with van der Waals surface area (Å²) in [6, 6.07) is 4.96. The van der Waals surface area contributed by atoms with Gasteiger partial charge >= 0.3 is 0 Å². The summed E-state index contributed by atoms with van der Waals surface area (Å²) in [7, 11) is 2.03. The maximum atomic E-state index is 11.6. The van der Waals surface area contributed by atoms with Crippen molar-refractivity contribution in [2.45, 2.75) is 19.1 Å². The zero-order chi connectivity index (χ0) is 12.4. The standard InChI is InChI=1S/C12H17N3O2/c1-15-5-8-3-2-4-11(9(8)6-15)14-12(17)10(13)7-16/h2-4,10,16H,5-7,13H2,1H3,(H,14,17). The Balaban J connectivity index is 2.18. The fourth-order valence-corrected chi connectivity index (χ4v) is 2.01. The molecule has 1 amide bonds. The third kappa shape index (κ3) is 2.46. The highest BCUT2D eigenvalue weighted by Crippen LogP contribution is 2.28. The fraction of sp³-hybridized carbons (Fsp3) is 0.417. The van der Waals surface area contributed by atoms with E-state index >= 15 is 0 Å². The van der Waals surface area contributed by atoms with Crippen molar-refractivity contribution in [1.29, 1.82) is 0 Å². The Hall–Kier alpha value is -1.43. The summed E-state index contributed by atoms with van der Waals surface area (Å²) in [6.07, 6.45) is 0. The molecule has 1 unspecified atom stereocenters. The van der Waals surface area contributed by atoms with Gasteiger partial charge in [0.1, 0.15) is 6.04 Å². The zero-order valence-electron chi connectivity index (χ0n) is 9.81. The number of carbonyl (C=O) groups excluding carboxylic acids is 1. The molecular formula is C12H17N3O2. The van der Waals surface area contributed by atoms with E-state index in [1.165, 1.54) is 5.56 Å². The summed E-state index contributed by atoms with van der Waals surface area (Å²) in [5.74, 6) is -0.351. The van der Waals surface area contributed by atoms with Gasteiger partial charge < -0.3 is 16.2 Å². The van der Waals surface area contributed by atoms with E-state index in [4.69, 9.17) is 10.8 Å². The molecular weight excluding hydrogens is 218 g/mol. The van der Waals surface area contributed by atoms with Gasteiger partial charge in [0.15, 0.2) is 0 Å². The SMILES string of the molecule is CN1Cc2cccc(NC(=O)C(N)CO)c2C1. The van der Waals surface area contributed by atoms with Gasteiger partial charge in [-0.1, -0.05) is 12.1 Å². The number of rotatable bonds is 3. The van der Waals surface area contributed by atoms with Gasteiger partial charge in [-0.25, -0.2) is 0 Å². The van der Waals surface area contributed by atoms with Crippen molar-refractivity contribution in [3.8, 4) is 0 Å². The first-order chi connectivity index (χ1) is 8.11. The average molecular weight is 235 g/mol. The number of anilines is 1. The van der Waals surface area contributed by atoms with Gasteiger partial charge in [-0.3, -0.25) is 9.69 Å². The normalized spacial score (nSPS) is 16.6. The van der Waals surface area contributed by atoms with Crippen LogP contribution >= 0.6 is 0 Å². The second-order valence-corrected chi connectivity index (χ2v) is 4.39. The van der Waals surface area contributed by atoms with E-state index in [-0.39, 0.29) is 12.5 Å². The Morgan fingerprint density at radius 3 is 3.06 bits per heavy atom. The molecule has 0 saturated heterocycles. The van der Waals surface area contributed by atoms with Gasteiger partial charge in [-0.05, 0) is 24.2 Å². The zero-order valence-corrected chi connectivity index (χ0v) is 9.81. The lowest BCUT2D eigenvalue weighted by Gasteiger charge is -2.12. The van der Waals surface area contributed by atoms with Gasteiger partial charge in [0.25, 0.3) is 0 Å². The Kier molecular flexibility index (Phi) is 3.42. The van der Waals surface area contributed by atoms with Crippen LogP contribution in [0.4, 0.5) is 5.69 Å². The Morgan fingerprint density at radius 1 is 1.59 bits per heavy atom. The number of hydrogen-bond acceptors (Lipinski definition) is 4. The molecule has 1 aliphatic rings. The summed E-state index contributed by atoms with van der Waals surface area (Å²) < 4.78 is 0. The minimum atomic E-state index is -0.870. The molecule has 2 rings (SSSR count). The number of aliphatic hydroxyl groups excluding tert-OH is 1. The lowest BCUT2D eigenvalue weighted by molar-refractivity contribution is -0.118. The third-order valence-corrected chi connectivity index (χ3v) is 2.93. The molecule has 0 bridgehead atoms. The number of carbonyl (C=O) groups is 1. The van der Waals surface area contributed by atoms with Crippen LogP contribution in [0.3, 0.4) is 0 Å². The molecule has 1 aromatic carbocycles. The van der Waals surface area contributed by atoms with E-state index in [0.29, 0.717) is 0 Å². The molecule has 4 N–H and O–H groups in total. The lowest BCUT2D eigenvalue weighted by Crippen LogP contribution is -2.38. The van der Waals surface area contributed by atoms with Crippen molar-refractivity contribution in [3.05, 3.63) is 29.3 Å². The molecule has 0 saturated carbocycles. The van der Waals surface area contributed by atoms with E-state index < -0.39 is 6.04 Å². The van der Waals surface area contributed by atoms with Gasteiger partial charge in [0.05, 0.1) is 6.61 Å². The first-order valence-corrected chi connectivity index (χ1v) is 5.58. The van der Waals surface area contributed by atoms with Crippen molar-refractivity contribution in [2.24, 2.45) is 5.73 Å². The smallest absolute Gasteiger partial charge is 0.243 e. The first kappa shape index (κ1) is 12.0. The van der Waals surface area contributed by atoms with E-state index in [1.54, 1.807) is 0 Å². The second kappa shape index (κ2) is 4.83. The number of fused-ring (bicyclic) bond motifs is 1. The molecule has 0 aliphatic carbocycles. The molecule has 0 spiro atoms. The van der Waals surface area contributed by atoms with Crippen LogP contribution in [-0.2, 0) is 17.9 Å². The van der Waals surface area contributed by atoms with E-state index in [1.807, 2.05) is 19.2 Å². The fourth-order valence-electron chi connectivity index (χ4n) is 2.01. The number of nitrogens with zero attached hydrogens (tertiary/aromatic N) is 1. The van der Waals surface area contributed by atoms with Crippen LogP contribution in [0.1, 0.15) is 11.1 Å². The molecule has 1 heterocycles. The minimum absolute atomic E-state index is 0.346. The number of nitrogens with two attached hydrogens (primary N) is 1. The summed E-state index contributed by atoms with van der Waals surface area (Å²) in [5.41, 5.74) is 8.61. The molecule has 5 heteroatoms. The van der Waals surface area contributed by atoms with Crippen molar-refractivity contribution in [2.75, 3.05) is 19.0 Å². The Bertz CT molecular complexity index is 434. The van der Waals surface area contributed by atoms with Crippen LogP contribution in [0.2, 0.25) is 0 Å². The van der Waals surface area contributed by atoms with Crippen LogP contribution < -0.4 is 11.1 Å². The molecule has 0 aromatic heterocycles. The minimum Gasteiger partial charge on any atom is -0.394 e. The maximum absolute atomic E-state index is 11.6.